The number of aromatic nitrogens is 1. The molecular formula is C26H24INO6. The van der Waals surface area contributed by atoms with E-state index in [2.05, 4.69) is 33.5 Å². The molecule has 0 radical (unpaired) electrons. The van der Waals surface area contributed by atoms with Crippen LogP contribution >= 0.6 is 22.6 Å². The number of para-hydroxylation sites is 1. The van der Waals surface area contributed by atoms with Crippen molar-refractivity contribution in [3.05, 3.63) is 57.3 Å². The minimum atomic E-state index is -1.33. The molecule has 1 saturated heterocycles. The summed E-state index contributed by atoms with van der Waals surface area (Å²) in [5.74, 6) is -1.06. The summed E-state index contributed by atoms with van der Waals surface area (Å²) in [5, 5.41) is 0.888. The molecule has 1 atom stereocenters. The molecule has 0 saturated carbocycles. The van der Waals surface area contributed by atoms with E-state index in [0.717, 1.165) is 20.0 Å². The zero-order valence-electron chi connectivity index (χ0n) is 19.0. The van der Waals surface area contributed by atoms with Crippen molar-refractivity contribution in [3.63, 3.8) is 0 Å². The van der Waals surface area contributed by atoms with Crippen LogP contribution in [-0.4, -0.2) is 35.9 Å². The monoisotopic (exact) mass is 573 g/mol. The van der Waals surface area contributed by atoms with Gasteiger partial charge in [-0.2, -0.15) is 0 Å². The summed E-state index contributed by atoms with van der Waals surface area (Å²) in [7, 11) is 0. The second kappa shape index (κ2) is 9.58. The molecule has 1 fully saturated rings. The number of hydrogen-bond acceptors (Lipinski definition) is 6. The molecule has 176 valence electrons. The fraction of sp³-hybridized carbons (Fsp3) is 0.308. The van der Waals surface area contributed by atoms with Gasteiger partial charge >= 0.3 is 11.9 Å². The van der Waals surface area contributed by atoms with Crippen LogP contribution in [0.4, 0.5) is 0 Å². The average Bonchev–Trinajstić information content (AvgIpc) is 3.19. The first-order valence-electron chi connectivity index (χ1n) is 10.8. The largest absolute Gasteiger partial charge is 0.490 e. The average molecular weight is 573 g/mol. The van der Waals surface area contributed by atoms with Gasteiger partial charge in [0.2, 0.25) is 0 Å². The number of carbonyl (C=O) groups is 2. The number of nitrogens with one attached hydrogen (secondary N) is 1. The molecule has 0 bridgehead atoms. The van der Waals surface area contributed by atoms with Crippen molar-refractivity contribution in [1.29, 1.82) is 0 Å². The molecule has 1 aliphatic heterocycles. The Hall–Kier alpha value is -3.19. The Morgan fingerprint density at radius 1 is 1.18 bits per heavy atom. The zero-order chi connectivity index (χ0) is 24.5. The Morgan fingerprint density at radius 3 is 2.56 bits per heavy atom. The lowest BCUT2D eigenvalue weighted by Crippen LogP contribution is -2.48. The molecule has 0 unspecified atom stereocenters. The Bertz CT molecular complexity index is 1270. The Labute approximate surface area is 211 Å². The third-order valence-electron chi connectivity index (χ3n) is 5.48. The van der Waals surface area contributed by atoms with Gasteiger partial charge < -0.3 is 23.9 Å². The van der Waals surface area contributed by atoms with E-state index < -0.39 is 29.6 Å². The molecule has 1 aromatic heterocycles. The van der Waals surface area contributed by atoms with Crippen LogP contribution in [-0.2, 0) is 19.1 Å². The molecule has 0 spiro atoms. The molecular weight excluding hydrogens is 549 g/mol. The van der Waals surface area contributed by atoms with Crippen molar-refractivity contribution in [2.45, 2.75) is 32.5 Å². The minimum absolute atomic E-state index is 0.0810. The van der Waals surface area contributed by atoms with Gasteiger partial charge in [-0.3, -0.25) is 9.59 Å². The van der Waals surface area contributed by atoms with Crippen molar-refractivity contribution in [1.82, 2.24) is 4.98 Å². The first-order chi connectivity index (χ1) is 16.3. The first-order valence-corrected chi connectivity index (χ1v) is 11.9. The number of terminal acetylenes is 1. The zero-order valence-corrected chi connectivity index (χ0v) is 21.2. The number of benzene rings is 2. The summed E-state index contributed by atoms with van der Waals surface area (Å²) >= 11 is 2.13. The number of ether oxygens (including phenoxy) is 4. The molecule has 2 heterocycles. The number of halogens is 1. The molecule has 34 heavy (non-hydrogen) atoms. The lowest BCUT2D eigenvalue weighted by Gasteiger charge is -2.36. The second-order valence-corrected chi connectivity index (χ2v) is 9.40. The van der Waals surface area contributed by atoms with E-state index in [9.17, 15) is 9.59 Å². The number of aromatic amines is 1. The molecule has 2 aromatic carbocycles. The summed E-state index contributed by atoms with van der Waals surface area (Å²) in [6.07, 6.45) is 7.18. The van der Waals surface area contributed by atoms with Gasteiger partial charge in [0.1, 0.15) is 6.61 Å². The van der Waals surface area contributed by atoms with Crippen LogP contribution in [0, 0.1) is 21.8 Å². The van der Waals surface area contributed by atoms with Crippen molar-refractivity contribution >= 4 is 45.4 Å². The lowest BCUT2D eigenvalue weighted by molar-refractivity contribution is -0.240. The van der Waals surface area contributed by atoms with Gasteiger partial charge in [-0.05, 0) is 58.8 Å². The Kier molecular flexibility index (Phi) is 6.75. The van der Waals surface area contributed by atoms with E-state index in [1.54, 1.807) is 6.07 Å². The van der Waals surface area contributed by atoms with E-state index in [1.165, 1.54) is 13.8 Å². The number of fused-ring (bicyclic) bond motifs is 1. The van der Waals surface area contributed by atoms with E-state index in [-0.39, 0.29) is 6.61 Å². The van der Waals surface area contributed by atoms with Gasteiger partial charge in [-0.1, -0.05) is 24.1 Å². The van der Waals surface area contributed by atoms with Gasteiger partial charge in [-0.25, -0.2) is 0 Å². The summed E-state index contributed by atoms with van der Waals surface area (Å²) in [6, 6.07) is 11.3. The van der Waals surface area contributed by atoms with Gasteiger partial charge in [-0.15, -0.1) is 6.42 Å². The second-order valence-electron chi connectivity index (χ2n) is 8.24. The molecule has 0 amide bonds. The number of carbonyl (C=O) groups excluding carboxylic acids is 2. The minimum Gasteiger partial charge on any atom is -0.490 e. The van der Waals surface area contributed by atoms with Gasteiger partial charge in [0.05, 0.1) is 10.2 Å². The fourth-order valence-corrected chi connectivity index (χ4v) is 4.97. The standard InChI is InChI=1S/C26H24INO6/c1-5-11-32-23-18(27)12-15(13-20(23)31-6-2)21(17-14-28-19-10-8-7-9-16(17)19)22-24(29)33-26(3,4)34-25(22)30/h1,7-10,12-14,21-22,28H,6,11H2,2-4H3/t21-/m0/s1. The first kappa shape index (κ1) is 24.0. The van der Waals surface area contributed by atoms with Gasteiger partial charge in [0.25, 0.3) is 5.79 Å². The normalized spacial score (nSPS) is 16.4. The number of cyclic esters (lactones) is 2. The number of esters is 2. The van der Waals surface area contributed by atoms with Crippen LogP contribution in [0.5, 0.6) is 11.5 Å². The molecule has 7 nitrogen and oxygen atoms in total. The van der Waals surface area contributed by atoms with E-state index in [4.69, 9.17) is 25.4 Å². The maximum Gasteiger partial charge on any atom is 0.324 e. The highest BCUT2D eigenvalue weighted by Gasteiger charge is 2.49. The highest BCUT2D eigenvalue weighted by Crippen LogP contribution is 2.44. The molecule has 1 aliphatic rings. The fourth-order valence-electron chi connectivity index (χ4n) is 4.19. The molecule has 3 aromatic rings. The highest BCUT2D eigenvalue weighted by atomic mass is 127. The predicted octanol–water partition coefficient (Wildman–Crippen LogP) is 4.77. The summed E-state index contributed by atoms with van der Waals surface area (Å²) < 4.78 is 23.3. The topological polar surface area (TPSA) is 86.9 Å². The maximum absolute atomic E-state index is 13.2. The SMILES string of the molecule is C#CCOc1c(I)cc([C@@H](c2c[nH]c3ccccc23)C2C(=O)OC(C)(C)OC2=O)cc1OCC. The van der Waals surface area contributed by atoms with Crippen molar-refractivity contribution in [3.8, 4) is 23.8 Å². The lowest BCUT2D eigenvalue weighted by atomic mass is 9.80. The van der Waals surface area contributed by atoms with Crippen LogP contribution in [0.15, 0.2) is 42.6 Å². The Balaban J connectivity index is 1.91. The van der Waals surface area contributed by atoms with Gasteiger partial charge in [0.15, 0.2) is 17.4 Å². The Morgan fingerprint density at radius 2 is 1.88 bits per heavy atom. The third-order valence-corrected chi connectivity index (χ3v) is 6.28. The summed E-state index contributed by atoms with van der Waals surface area (Å²) in [4.78, 5) is 29.5. The highest BCUT2D eigenvalue weighted by molar-refractivity contribution is 14.1. The number of H-pyrrole nitrogens is 1. The van der Waals surface area contributed by atoms with Crippen molar-refractivity contribution in [2.75, 3.05) is 13.2 Å². The molecule has 1 N–H and O–H groups in total. The molecule has 8 heteroatoms. The summed E-state index contributed by atoms with van der Waals surface area (Å²) in [5.41, 5.74) is 2.34. The third kappa shape index (κ3) is 4.57. The number of hydrogen-bond donors (Lipinski definition) is 1. The van der Waals surface area contributed by atoms with Crippen LogP contribution in [0.25, 0.3) is 10.9 Å². The molecule has 0 aliphatic carbocycles. The van der Waals surface area contributed by atoms with Crippen LogP contribution < -0.4 is 9.47 Å². The quantitative estimate of drug-likeness (QED) is 0.190. The van der Waals surface area contributed by atoms with Crippen molar-refractivity contribution in [2.24, 2.45) is 5.92 Å². The van der Waals surface area contributed by atoms with Crippen molar-refractivity contribution < 1.29 is 28.5 Å². The smallest absolute Gasteiger partial charge is 0.324 e. The van der Waals surface area contributed by atoms with Crippen LogP contribution in [0.2, 0.25) is 0 Å². The van der Waals surface area contributed by atoms with E-state index in [1.807, 2.05) is 43.5 Å². The van der Waals surface area contributed by atoms with Gasteiger partial charge in [0, 0.05) is 36.9 Å². The number of rotatable bonds is 7. The van der Waals surface area contributed by atoms with Crippen LogP contribution in [0.1, 0.15) is 37.8 Å². The van der Waals surface area contributed by atoms with E-state index >= 15 is 0 Å². The maximum atomic E-state index is 13.2. The molecule has 4 rings (SSSR count). The summed E-state index contributed by atoms with van der Waals surface area (Å²) in [6.45, 7) is 5.41. The van der Waals surface area contributed by atoms with Crippen LogP contribution in [0.3, 0.4) is 0 Å². The predicted molar refractivity (Wildman–Crippen MR) is 135 cm³/mol. The van der Waals surface area contributed by atoms with E-state index in [0.29, 0.717) is 23.7 Å².